The van der Waals surface area contributed by atoms with Crippen molar-refractivity contribution in [1.82, 2.24) is 0 Å². The molecule has 0 heterocycles. The van der Waals surface area contributed by atoms with Gasteiger partial charge in [-0.2, -0.15) is 0 Å². The van der Waals surface area contributed by atoms with E-state index in [1.165, 1.54) is 6.42 Å². The highest BCUT2D eigenvalue weighted by Crippen LogP contribution is 2.11. The second-order valence-electron chi connectivity index (χ2n) is 13.2. The van der Waals surface area contributed by atoms with Crippen LogP contribution in [0, 0.1) is 0 Å². The normalized spacial score (nSPS) is 12.8. The third-order valence-corrected chi connectivity index (χ3v) is 8.18. The second-order valence-corrected chi connectivity index (χ2v) is 13.2. The highest BCUT2D eigenvalue weighted by Gasteiger charge is 2.19. The van der Waals surface area contributed by atoms with Crippen LogP contribution < -0.4 is 0 Å². The smallest absolute Gasteiger partial charge is 0.306 e. The predicted octanol–water partition coefficient (Wildman–Crippen LogP) is 12.7. The summed E-state index contributed by atoms with van der Waals surface area (Å²) < 4.78 is 16.5. The fourth-order valence-electron chi connectivity index (χ4n) is 5.11. The highest BCUT2D eigenvalue weighted by molar-refractivity contribution is 5.71. The molecule has 0 bridgehead atoms. The monoisotopic (exact) mass is 711 g/mol. The van der Waals surface area contributed by atoms with E-state index in [9.17, 15) is 14.4 Å². The van der Waals surface area contributed by atoms with Crippen molar-refractivity contribution < 1.29 is 28.6 Å². The third-order valence-electron chi connectivity index (χ3n) is 8.18. The van der Waals surface area contributed by atoms with Crippen molar-refractivity contribution in [2.75, 3.05) is 13.2 Å². The molecule has 0 aliphatic heterocycles. The van der Waals surface area contributed by atoms with Gasteiger partial charge >= 0.3 is 17.9 Å². The summed E-state index contributed by atoms with van der Waals surface area (Å²) in [4.78, 5) is 37.3. The van der Waals surface area contributed by atoms with Gasteiger partial charge in [-0.3, -0.25) is 14.4 Å². The number of allylic oxidation sites excluding steroid dienone is 12. The maximum absolute atomic E-state index is 12.6. The van der Waals surface area contributed by atoms with E-state index in [2.05, 4.69) is 93.7 Å². The Kier molecular flexibility index (Phi) is 37.2. The summed E-state index contributed by atoms with van der Waals surface area (Å²) in [6.07, 6.45) is 47.7. The van der Waals surface area contributed by atoms with Crippen molar-refractivity contribution in [1.29, 1.82) is 0 Å². The largest absolute Gasteiger partial charge is 0.462 e. The average Bonchev–Trinajstić information content (AvgIpc) is 3.12. The first-order valence-corrected chi connectivity index (χ1v) is 20.4. The molecule has 0 amide bonds. The maximum Gasteiger partial charge on any atom is 0.306 e. The van der Waals surface area contributed by atoms with Crippen molar-refractivity contribution >= 4 is 17.9 Å². The summed E-state index contributed by atoms with van der Waals surface area (Å²) >= 11 is 0. The van der Waals surface area contributed by atoms with Crippen LogP contribution >= 0.6 is 0 Å². The van der Waals surface area contributed by atoms with Gasteiger partial charge in [0, 0.05) is 19.3 Å². The number of hydrogen-bond acceptors (Lipinski definition) is 6. The van der Waals surface area contributed by atoms with Crippen LogP contribution in [0.2, 0.25) is 0 Å². The van der Waals surface area contributed by atoms with Crippen LogP contribution in [0.25, 0.3) is 0 Å². The van der Waals surface area contributed by atoms with E-state index in [1.807, 2.05) is 0 Å². The number of unbranched alkanes of at least 4 members (excludes halogenated alkanes) is 12. The topological polar surface area (TPSA) is 78.9 Å². The number of hydrogen-bond donors (Lipinski definition) is 0. The van der Waals surface area contributed by atoms with E-state index in [-0.39, 0.29) is 31.1 Å². The Hall–Kier alpha value is -3.15. The molecular weight excluding hydrogens is 636 g/mol. The molecule has 51 heavy (non-hydrogen) atoms. The molecule has 0 aromatic heterocycles. The first-order valence-electron chi connectivity index (χ1n) is 20.4. The standard InChI is InChI=1S/C45H74O6/c1-4-7-10-13-15-17-19-21-22-24-25-27-29-32-35-38-44(47)50-41-42(40-49-43(46)37-34-31-12-9-6-3)51-45(48)39-36-33-30-28-26-23-20-18-16-14-11-8-5-2/h7,10-11,14-15,17-18,20-22,25,27,42H,4-6,8-9,12-13,16,19,23-24,26,28-41H2,1-3H3/b10-7-,14-11-,17-15-,20-18-,22-21-,27-25-. The second kappa shape index (κ2) is 39.6. The van der Waals surface area contributed by atoms with Gasteiger partial charge in [-0.1, -0.05) is 145 Å². The van der Waals surface area contributed by atoms with E-state index in [0.717, 1.165) is 128 Å². The third kappa shape index (κ3) is 37.9. The molecule has 0 aliphatic carbocycles. The van der Waals surface area contributed by atoms with E-state index in [1.54, 1.807) is 0 Å². The van der Waals surface area contributed by atoms with Crippen molar-refractivity contribution in [2.24, 2.45) is 0 Å². The minimum Gasteiger partial charge on any atom is -0.462 e. The summed E-state index contributed by atoms with van der Waals surface area (Å²) in [6, 6.07) is 0. The first kappa shape index (κ1) is 47.8. The Balaban J connectivity index is 4.38. The maximum atomic E-state index is 12.6. The molecule has 0 saturated heterocycles. The fourth-order valence-corrected chi connectivity index (χ4v) is 5.11. The molecule has 1 unspecified atom stereocenters. The Labute approximate surface area is 312 Å². The molecule has 0 fully saturated rings. The molecule has 0 aromatic carbocycles. The molecule has 0 radical (unpaired) electrons. The highest BCUT2D eigenvalue weighted by atomic mass is 16.6. The zero-order chi connectivity index (χ0) is 37.3. The van der Waals surface area contributed by atoms with Gasteiger partial charge in [0.05, 0.1) is 0 Å². The van der Waals surface area contributed by atoms with Crippen molar-refractivity contribution in [2.45, 2.75) is 181 Å². The minimum atomic E-state index is -0.793. The molecule has 6 nitrogen and oxygen atoms in total. The average molecular weight is 711 g/mol. The first-order chi connectivity index (χ1) is 25.0. The Bertz CT molecular complexity index is 1000. The number of ether oxygens (including phenoxy) is 3. The van der Waals surface area contributed by atoms with Crippen molar-refractivity contribution in [3.8, 4) is 0 Å². The van der Waals surface area contributed by atoms with Crippen molar-refractivity contribution in [3.05, 3.63) is 72.9 Å². The fraction of sp³-hybridized carbons (Fsp3) is 0.667. The van der Waals surface area contributed by atoms with Gasteiger partial charge in [-0.05, 0) is 83.5 Å². The summed E-state index contributed by atoms with van der Waals surface area (Å²) in [6.45, 7) is 6.29. The zero-order valence-corrected chi connectivity index (χ0v) is 32.8. The van der Waals surface area contributed by atoms with Gasteiger partial charge in [0.2, 0.25) is 0 Å². The summed E-state index contributed by atoms with van der Waals surface area (Å²) in [5, 5.41) is 0. The lowest BCUT2D eigenvalue weighted by atomic mass is 10.1. The van der Waals surface area contributed by atoms with Gasteiger partial charge in [-0.25, -0.2) is 0 Å². The van der Waals surface area contributed by atoms with Crippen LogP contribution in [0.3, 0.4) is 0 Å². The molecule has 6 heteroatoms. The van der Waals surface area contributed by atoms with Crippen molar-refractivity contribution in [3.63, 3.8) is 0 Å². The molecular formula is C45H74O6. The van der Waals surface area contributed by atoms with E-state index in [0.29, 0.717) is 19.3 Å². The quantitative estimate of drug-likeness (QED) is 0.0282. The van der Waals surface area contributed by atoms with E-state index in [4.69, 9.17) is 14.2 Å². The lowest BCUT2D eigenvalue weighted by Gasteiger charge is -2.18. The molecule has 0 rings (SSSR count). The number of esters is 3. The SMILES string of the molecule is CC/C=C\C/C=C\C/C=C\C/C=C\CCCCC(=O)OCC(COC(=O)CCCCCCC)OC(=O)CCCCCCC/C=C\C/C=C\CCC. The number of carbonyl (C=O) groups is 3. The van der Waals surface area contributed by atoms with Gasteiger partial charge in [0.1, 0.15) is 13.2 Å². The summed E-state index contributed by atoms with van der Waals surface area (Å²) in [5.41, 5.74) is 0. The van der Waals surface area contributed by atoms with Gasteiger partial charge in [-0.15, -0.1) is 0 Å². The molecule has 0 N–H and O–H groups in total. The molecule has 0 spiro atoms. The Morgan fingerprint density at radius 2 is 0.804 bits per heavy atom. The number of rotatable bonds is 35. The van der Waals surface area contributed by atoms with Crippen LogP contribution in [-0.4, -0.2) is 37.2 Å². The van der Waals surface area contributed by atoms with Crippen LogP contribution in [0.15, 0.2) is 72.9 Å². The van der Waals surface area contributed by atoms with Crippen LogP contribution in [0.1, 0.15) is 175 Å². The van der Waals surface area contributed by atoms with Gasteiger partial charge in [0.25, 0.3) is 0 Å². The predicted molar refractivity (Wildman–Crippen MR) is 214 cm³/mol. The van der Waals surface area contributed by atoms with E-state index < -0.39 is 6.10 Å². The molecule has 290 valence electrons. The van der Waals surface area contributed by atoms with E-state index >= 15 is 0 Å². The number of carbonyl (C=O) groups excluding carboxylic acids is 3. The Morgan fingerprint density at radius 1 is 0.412 bits per heavy atom. The molecule has 0 aromatic rings. The van der Waals surface area contributed by atoms with Crippen LogP contribution in [0.4, 0.5) is 0 Å². The molecule has 0 aliphatic rings. The summed E-state index contributed by atoms with van der Waals surface area (Å²) in [7, 11) is 0. The van der Waals surface area contributed by atoms with Gasteiger partial charge < -0.3 is 14.2 Å². The summed E-state index contributed by atoms with van der Waals surface area (Å²) in [5.74, 6) is -0.979. The molecule has 1 atom stereocenters. The lowest BCUT2D eigenvalue weighted by Crippen LogP contribution is -2.30. The van der Waals surface area contributed by atoms with Crippen LogP contribution in [-0.2, 0) is 28.6 Å². The molecule has 0 saturated carbocycles. The lowest BCUT2D eigenvalue weighted by molar-refractivity contribution is -0.167. The van der Waals surface area contributed by atoms with Gasteiger partial charge in [0.15, 0.2) is 6.10 Å². The Morgan fingerprint density at radius 3 is 1.31 bits per heavy atom. The minimum absolute atomic E-state index is 0.0967. The van der Waals surface area contributed by atoms with Crippen LogP contribution in [0.5, 0.6) is 0 Å². The zero-order valence-electron chi connectivity index (χ0n) is 32.8.